The Morgan fingerprint density at radius 3 is 2.76 bits per heavy atom. The summed E-state index contributed by atoms with van der Waals surface area (Å²) < 4.78 is 13.2. The first kappa shape index (κ1) is 15.4. The third kappa shape index (κ3) is 4.79. The number of rotatable bonds is 7. The van der Waals surface area contributed by atoms with Crippen molar-refractivity contribution in [2.45, 2.75) is 26.4 Å². The minimum Gasteiger partial charge on any atom is -0.354 e. The summed E-state index contributed by atoms with van der Waals surface area (Å²) in [4.78, 5) is 10.7. The van der Waals surface area contributed by atoms with Crippen molar-refractivity contribution in [3.8, 4) is 0 Å². The maximum Gasteiger partial charge on any atom is 0.147 e. The highest BCUT2D eigenvalue weighted by Gasteiger charge is 2.05. The summed E-state index contributed by atoms with van der Waals surface area (Å²) in [7, 11) is 1.92. The Morgan fingerprint density at radius 1 is 1.24 bits per heavy atom. The van der Waals surface area contributed by atoms with Gasteiger partial charge in [-0.2, -0.15) is 0 Å². The van der Waals surface area contributed by atoms with E-state index in [4.69, 9.17) is 0 Å². The molecule has 0 radical (unpaired) electrons. The van der Waals surface area contributed by atoms with Gasteiger partial charge in [0, 0.05) is 20.1 Å². The molecule has 0 amide bonds. The van der Waals surface area contributed by atoms with Crippen LogP contribution >= 0.6 is 0 Å². The summed E-state index contributed by atoms with van der Waals surface area (Å²) in [6.07, 6.45) is 4.63. The Balaban J connectivity index is 1.94. The number of benzene rings is 1. The lowest BCUT2D eigenvalue weighted by Gasteiger charge is -2.18. The second kappa shape index (κ2) is 7.69. The van der Waals surface area contributed by atoms with Crippen molar-refractivity contribution in [3.63, 3.8) is 0 Å². The lowest BCUT2D eigenvalue weighted by atomic mass is 10.2. The van der Waals surface area contributed by atoms with Crippen molar-refractivity contribution in [3.05, 3.63) is 53.7 Å². The first-order valence-electron chi connectivity index (χ1n) is 7.16. The van der Waals surface area contributed by atoms with Gasteiger partial charge in [-0.25, -0.2) is 9.37 Å². The molecule has 5 heteroatoms. The standard InChI is InChI=1S/C16H21FN4/c1-3-7-18-9-15-10-20-16(11-19-15)21(2)12-13-5-4-6-14(17)8-13/h4-6,8,10-11,18H,3,7,9,12H2,1-2H3. The molecular formula is C16H21FN4. The van der Waals surface area contributed by atoms with E-state index in [-0.39, 0.29) is 5.82 Å². The van der Waals surface area contributed by atoms with Crippen LogP contribution in [0.15, 0.2) is 36.7 Å². The topological polar surface area (TPSA) is 41.1 Å². The van der Waals surface area contributed by atoms with Crippen molar-refractivity contribution in [1.82, 2.24) is 15.3 Å². The third-order valence-electron chi connectivity index (χ3n) is 3.12. The van der Waals surface area contributed by atoms with E-state index in [0.29, 0.717) is 6.54 Å². The van der Waals surface area contributed by atoms with E-state index in [1.807, 2.05) is 18.0 Å². The number of hydrogen-bond acceptors (Lipinski definition) is 4. The summed E-state index contributed by atoms with van der Waals surface area (Å²) in [6.45, 7) is 4.43. The monoisotopic (exact) mass is 288 g/mol. The molecule has 0 saturated heterocycles. The fraction of sp³-hybridized carbons (Fsp3) is 0.375. The summed E-state index contributed by atoms with van der Waals surface area (Å²) in [5.74, 6) is 0.558. The molecule has 1 heterocycles. The van der Waals surface area contributed by atoms with E-state index in [1.165, 1.54) is 12.1 Å². The fourth-order valence-corrected chi connectivity index (χ4v) is 2.02. The van der Waals surface area contributed by atoms with Crippen LogP contribution in [0.4, 0.5) is 10.2 Å². The molecule has 1 aromatic carbocycles. The first-order chi connectivity index (χ1) is 10.2. The molecule has 0 aliphatic heterocycles. The molecule has 112 valence electrons. The summed E-state index contributed by atoms with van der Waals surface area (Å²) >= 11 is 0. The predicted octanol–water partition coefficient (Wildman–Crippen LogP) is 2.75. The molecule has 0 unspecified atom stereocenters. The molecule has 0 aliphatic rings. The van der Waals surface area contributed by atoms with Crippen LogP contribution in [0.3, 0.4) is 0 Å². The molecule has 1 aromatic heterocycles. The van der Waals surface area contributed by atoms with Crippen LogP contribution in [-0.2, 0) is 13.1 Å². The average Bonchev–Trinajstić information content (AvgIpc) is 2.48. The number of halogens is 1. The number of hydrogen-bond donors (Lipinski definition) is 1. The van der Waals surface area contributed by atoms with Gasteiger partial charge in [-0.3, -0.25) is 4.98 Å². The molecule has 0 saturated carbocycles. The molecule has 0 atom stereocenters. The molecule has 2 rings (SSSR count). The van der Waals surface area contributed by atoms with Crippen LogP contribution in [-0.4, -0.2) is 23.6 Å². The van der Waals surface area contributed by atoms with Crippen molar-refractivity contribution in [2.24, 2.45) is 0 Å². The van der Waals surface area contributed by atoms with Crippen LogP contribution in [0.1, 0.15) is 24.6 Å². The third-order valence-corrected chi connectivity index (χ3v) is 3.12. The van der Waals surface area contributed by atoms with Gasteiger partial charge in [0.1, 0.15) is 11.6 Å². The maximum atomic E-state index is 13.2. The Bertz CT molecular complexity index is 556. The van der Waals surface area contributed by atoms with Crippen molar-refractivity contribution in [1.29, 1.82) is 0 Å². The molecule has 1 N–H and O–H groups in total. The zero-order chi connectivity index (χ0) is 15.1. The van der Waals surface area contributed by atoms with E-state index < -0.39 is 0 Å². The lowest BCUT2D eigenvalue weighted by Crippen LogP contribution is -2.19. The molecular weight excluding hydrogens is 267 g/mol. The van der Waals surface area contributed by atoms with Crippen LogP contribution in [0, 0.1) is 5.82 Å². The second-order valence-corrected chi connectivity index (χ2v) is 5.03. The first-order valence-corrected chi connectivity index (χ1v) is 7.16. The summed E-state index contributed by atoms with van der Waals surface area (Å²) in [5.41, 5.74) is 1.83. The van der Waals surface area contributed by atoms with Crippen molar-refractivity contribution >= 4 is 5.82 Å². The SMILES string of the molecule is CCCNCc1cnc(N(C)Cc2cccc(F)c2)cn1. The van der Waals surface area contributed by atoms with E-state index in [1.54, 1.807) is 18.5 Å². The molecule has 4 nitrogen and oxygen atoms in total. The Labute approximate surface area is 125 Å². The van der Waals surface area contributed by atoms with Gasteiger partial charge >= 0.3 is 0 Å². The van der Waals surface area contributed by atoms with E-state index >= 15 is 0 Å². The number of nitrogens with zero attached hydrogens (tertiary/aromatic N) is 3. The largest absolute Gasteiger partial charge is 0.354 e. The van der Waals surface area contributed by atoms with E-state index in [2.05, 4.69) is 22.2 Å². The number of nitrogens with one attached hydrogen (secondary N) is 1. The minimum absolute atomic E-state index is 0.218. The lowest BCUT2D eigenvalue weighted by molar-refractivity contribution is 0.625. The summed E-state index contributed by atoms with van der Waals surface area (Å²) in [6, 6.07) is 6.59. The van der Waals surface area contributed by atoms with Gasteiger partial charge in [0.2, 0.25) is 0 Å². The van der Waals surface area contributed by atoms with Gasteiger partial charge in [0.05, 0.1) is 18.1 Å². The quantitative estimate of drug-likeness (QED) is 0.795. The van der Waals surface area contributed by atoms with Gasteiger partial charge in [0.25, 0.3) is 0 Å². The Kier molecular flexibility index (Phi) is 5.63. The zero-order valence-electron chi connectivity index (χ0n) is 12.5. The van der Waals surface area contributed by atoms with Gasteiger partial charge in [-0.05, 0) is 30.7 Å². The molecule has 0 spiro atoms. The molecule has 0 bridgehead atoms. The van der Waals surface area contributed by atoms with Gasteiger partial charge in [0.15, 0.2) is 0 Å². The fourth-order valence-electron chi connectivity index (χ4n) is 2.02. The predicted molar refractivity (Wildman–Crippen MR) is 82.5 cm³/mol. The molecule has 2 aromatic rings. The highest BCUT2D eigenvalue weighted by molar-refractivity contribution is 5.36. The van der Waals surface area contributed by atoms with Crippen molar-refractivity contribution in [2.75, 3.05) is 18.5 Å². The van der Waals surface area contributed by atoms with Crippen LogP contribution < -0.4 is 10.2 Å². The normalized spacial score (nSPS) is 10.6. The highest BCUT2D eigenvalue weighted by atomic mass is 19.1. The van der Waals surface area contributed by atoms with Crippen LogP contribution in [0.5, 0.6) is 0 Å². The molecule has 0 fully saturated rings. The van der Waals surface area contributed by atoms with Gasteiger partial charge < -0.3 is 10.2 Å². The highest BCUT2D eigenvalue weighted by Crippen LogP contribution is 2.12. The summed E-state index contributed by atoms with van der Waals surface area (Å²) in [5, 5.41) is 3.29. The van der Waals surface area contributed by atoms with E-state index in [0.717, 1.165) is 36.6 Å². The van der Waals surface area contributed by atoms with Gasteiger partial charge in [-0.1, -0.05) is 19.1 Å². The average molecular weight is 288 g/mol. The Morgan fingerprint density at radius 2 is 2.10 bits per heavy atom. The van der Waals surface area contributed by atoms with Crippen LogP contribution in [0.2, 0.25) is 0 Å². The number of aromatic nitrogens is 2. The molecule has 21 heavy (non-hydrogen) atoms. The smallest absolute Gasteiger partial charge is 0.147 e. The van der Waals surface area contributed by atoms with E-state index in [9.17, 15) is 4.39 Å². The Hall–Kier alpha value is -2.01. The minimum atomic E-state index is -0.218. The maximum absolute atomic E-state index is 13.2. The van der Waals surface area contributed by atoms with Crippen LogP contribution in [0.25, 0.3) is 0 Å². The zero-order valence-corrected chi connectivity index (χ0v) is 12.5. The second-order valence-electron chi connectivity index (χ2n) is 5.03. The van der Waals surface area contributed by atoms with Gasteiger partial charge in [-0.15, -0.1) is 0 Å². The molecule has 0 aliphatic carbocycles. The number of anilines is 1. The van der Waals surface area contributed by atoms with Crippen molar-refractivity contribution < 1.29 is 4.39 Å².